The quantitative estimate of drug-likeness (QED) is 0.673. The van der Waals surface area contributed by atoms with Gasteiger partial charge in [0.15, 0.2) is 0 Å². The van der Waals surface area contributed by atoms with Crippen LogP contribution in [-0.4, -0.2) is 41.0 Å². The van der Waals surface area contributed by atoms with Gasteiger partial charge in [0.25, 0.3) is 0 Å². The van der Waals surface area contributed by atoms with Crippen LogP contribution in [0.1, 0.15) is 34.6 Å². The molecule has 0 aliphatic rings. The first-order valence-corrected chi connectivity index (χ1v) is 6.51. The molecule has 0 aromatic heterocycles. The summed E-state index contributed by atoms with van der Waals surface area (Å²) in [6.07, 6.45) is 0. The fraction of sp³-hybridized carbons (Fsp3) is 0.833. The number of amides is 1. The van der Waals surface area contributed by atoms with E-state index in [9.17, 15) is 4.79 Å². The summed E-state index contributed by atoms with van der Waals surface area (Å²) < 4.78 is 0. The summed E-state index contributed by atoms with van der Waals surface area (Å²) in [7, 11) is 0. The fourth-order valence-electron chi connectivity index (χ4n) is 1.70. The van der Waals surface area contributed by atoms with Crippen LogP contribution in [0.25, 0.3) is 0 Å². The molecule has 17 heavy (non-hydrogen) atoms. The van der Waals surface area contributed by atoms with Crippen LogP contribution in [0.3, 0.4) is 0 Å². The molecule has 0 aromatic rings. The molecule has 0 saturated heterocycles. The molecule has 100 valence electrons. The SMILES string of the molecule is CC(C(=O)NCCN(C(C)C)C(C)C)C(N)=S. The molecule has 5 heteroatoms. The van der Waals surface area contributed by atoms with Crippen LogP contribution in [0.2, 0.25) is 0 Å². The monoisotopic (exact) mass is 259 g/mol. The molecule has 1 atom stereocenters. The van der Waals surface area contributed by atoms with Gasteiger partial charge in [0, 0.05) is 25.2 Å². The average molecular weight is 259 g/mol. The summed E-state index contributed by atoms with van der Waals surface area (Å²) in [6, 6.07) is 0.944. The third kappa shape index (κ3) is 5.98. The molecule has 0 heterocycles. The molecule has 0 aliphatic heterocycles. The highest BCUT2D eigenvalue weighted by Gasteiger charge is 2.16. The van der Waals surface area contributed by atoms with Crippen molar-refractivity contribution >= 4 is 23.1 Å². The van der Waals surface area contributed by atoms with Crippen LogP contribution in [0, 0.1) is 5.92 Å². The lowest BCUT2D eigenvalue weighted by atomic mass is 10.1. The minimum absolute atomic E-state index is 0.0926. The van der Waals surface area contributed by atoms with E-state index in [1.54, 1.807) is 6.92 Å². The van der Waals surface area contributed by atoms with Crippen LogP contribution < -0.4 is 11.1 Å². The van der Waals surface area contributed by atoms with Crippen molar-refractivity contribution in [1.82, 2.24) is 10.2 Å². The van der Waals surface area contributed by atoms with E-state index in [-0.39, 0.29) is 10.9 Å². The zero-order valence-corrected chi connectivity index (χ0v) is 12.3. The fourth-order valence-corrected chi connectivity index (χ4v) is 1.81. The maximum Gasteiger partial charge on any atom is 0.229 e. The highest BCUT2D eigenvalue weighted by Crippen LogP contribution is 2.03. The molecule has 0 fully saturated rings. The van der Waals surface area contributed by atoms with Gasteiger partial charge in [-0.2, -0.15) is 0 Å². The van der Waals surface area contributed by atoms with Gasteiger partial charge in [-0.1, -0.05) is 12.2 Å². The van der Waals surface area contributed by atoms with E-state index < -0.39 is 5.92 Å². The van der Waals surface area contributed by atoms with Gasteiger partial charge in [-0.3, -0.25) is 9.69 Å². The maximum absolute atomic E-state index is 11.6. The van der Waals surface area contributed by atoms with Gasteiger partial charge < -0.3 is 11.1 Å². The molecule has 0 aliphatic carbocycles. The number of nitrogens with zero attached hydrogens (tertiary/aromatic N) is 1. The van der Waals surface area contributed by atoms with E-state index >= 15 is 0 Å². The van der Waals surface area contributed by atoms with Gasteiger partial charge in [-0.05, 0) is 34.6 Å². The lowest BCUT2D eigenvalue weighted by Crippen LogP contribution is -2.44. The Morgan fingerprint density at radius 1 is 1.24 bits per heavy atom. The lowest BCUT2D eigenvalue weighted by molar-refractivity contribution is -0.122. The van der Waals surface area contributed by atoms with E-state index in [1.807, 2.05) is 0 Å². The third-order valence-electron chi connectivity index (χ3n) is 2.82. The first-order valence-electron chi connectivity index (χ1n) is 6.10. The molecule has 0 bridgehead atoms. The predicted octanol–water partition coefficient (Wildman–Crippen LogP) is 1.14. The molecule has 1 unspecified atom stereocenters. The molecule has 3 N–H and O–H groups in total. The molecular formula is C12H25N3OS. The number of thiocarbonyl (C=S) groups is 1. The van der Waals surface area contributed by atoms with E-state index in [2.05, 4.69) is 37.9 Å². The minimum Gasteiger partial charge on any atom is -0.393 e. The first kappa shape index (κ1) is 16.3. The Balaban J connectivity index is 4.05. The summed E-state index contributed by atoms with van der Waals surface area (Å²) in [4.78, 5) is 14.2. The van der Waals surface area contributed by atoms with Gasteiger partial charge in [0.2, 0.25) is 5.91 Å². The topological polar surface area (TPSA) is 58.4 Å². The number of carbonyl (C=O) groups is 1. The third-order valence-corrected chi connectivity index (χ3v) is 3.17. The van der Waals surface area contributed by atoms with Crippen LogP contribution in [-0.2, 0) is 4.79 Å². The van der Waals surface area contributed by atoms with Gasteiger partial charge in [0.05, 0.1) is 10.9 Å². The Bertz CT molecular complexity index is 258. The van der Waals surface area contributed by atoms with E-state index in [0.717, 1.165) is 6.54 Å². The van der Waals surface area contributed by atoms with Crippen LogP contribution in [0.5, 0.6) is 0 Å². The van der Waals surface area contributed by atoms with Crippen molar-refractivity contribution in [2.75, 3.05) is 13.1 Å². The molecular weight excluding hydrogens is 234 g/mol. The number of hydrogen-bond donors (Lipinski definition) is 2. The Kier molecular flexibility index (Phi) is 7.30. The summed E-state index contributed by atoms with van der Waals surface area (Å²) in [5, 5.41) is 2.86. The second-order valence-corrected chi connectivity index (χ2v) is 5.31. The first-order chi connectivity index (χ1) is 7.77. The van der Waals surface area contributed by atoms with Crippen molar-refractivity contribution in [1.29, 1.82) is 0 Å². The summed E-state index contributed by atoms with van der Waals surface area (Å²) in [5.41, 5.74) is 5.43. The minimum atomic E-state index is -0.392. The Morgan fingerprint density at radius 2 is 1.71 bits per heavy atom. The average Bonchev–Trinajstić information content (AvgIpc) is 2.21. The smallest absolute Gasteiger partial charge is 0.229 e. The standard InChI is InChI=1S/C12H25N3OS/c1-8(2)15(9(3)4)7-6-14-12(16)10(5)11(13)17/h8-10H,6-7H2,1-5H3,(H2,13,17)(H,14,16). The summed E-state index contributed by atoms with van der Waals surface area (Å²) in [5.74, 6) is -0.485. The number of hydrogen-bond acceptors (Lipinski definition) is 3. The van der Waals surface area contributed by atoms with Crippen molar-refractivity contribution in [2.45, 2.75) is 46.7 Å². The molecule has 0 rings (SSSR count). The summed E-state index contributed by atoms with van der Waals surface area (Å²) in [6.45, 7) is 11.8. The van der Waals surface area contributed by atoms with Crippen molar-refractivity contribution in [3.05, 3.63) is 0 Å². The zero-order chi connectivity index (χ0) is 13.6. The van der Waals surface area contributed by atoms with Crippen molar-refractivity contribution in [3.8, 4) is 0 Å². The largest absolute Gasteiger partial charge is 0.393 e. The van der Waals surface area contributed by atoms with Crippen molar-refractivity contribution < 1.29 is 4.79 Å². The molecule has 4 nitrogen and oxygen atoms in total. The van der Waals surface area contributed by atoms with E-state index in [1.165, 1.54) is 0 Å². The van der Waals surface area contributed by atoms with Crippen molar-refractivity contribution in [3.63, 3.8) is 0 Å². The highest BCUT2D eigenvalue weighted by molar-refractivity contribution is 7.80. The molecule has 0 saturated carbocycles. The molecule has 0 spiro atoms. The normalized spacial score (nSPS) is 13.2. The highest BCUT2D eigenvalue weighted by atomic mass is 32.1. The Morgan fingerprint density at radius 3 is 2.06 bits per heavy atom. The Hall–Kier alpha value is -0.680. The summed E-state index contributed by atoms with van der Waals surface area (Å²) >= 11 is 4.79. The Labute approximate surface area is 110 Å². The zero-order valence-electron chi connectivity index (χ0n) is 11.5. The van der Waals surface area contributed by atoms with Crippen molar-refractivity contribution in [2.24, 2.45) is 11.7 Å². The van der Waals surface area contributed by atoms with E-state index in [0.29, 0.717) is 18.6 Å². The van der Waals surface area contributed by atoms with Gasteiger partial charge in [0.1, 0.15) is 0 Å². The predicted molar refractivity (Wildman–Crippen MR) is 75.9 cm³/mol. The number of nitrogens with one attached hydrogen (secondary N) is 1. The van der Waals surface area contributed by atoms with Gasteiger partial charge in [-0.25, -0.2) is 0 Å². The van der Waals surface area contributed by atoms with Gasteiger partial charge >= 0.3 is 0 Å². The number of nitrogens with two attached hydrogens (primary N) is 1. The van der Waals surface area contributed by atoms with Crippen LogP contribution in [0.15, 0.2) is 0 Å². The number of rotatable bonds is 7. The second kappa shape index (κ2) is 7.61. The number of carbonyl (C=O) groups excluding carboxylic acids is 1. The maximum atomic E-state index is 11.6. The van der Waals surface area contributed by atoms with Crippen LogP contribution in [0.4, 0.5) is 0 Å². The molecule has 0 radical (unpaired) electrons. The van der Waals surface area contributed by atoms with Crippen LogP contribution >= 0.6 is 12.2 Å². The van der Waals surface area contributed by atoms with E-state index in [4.69, 9.17) is 18.0 Å². The van der Waals surface area contributed by atoms with Gasteiger partial charge in [-0.15, -0.1) is 0 Å². The molecule has 1 amide bonds. The molecule has 0 aromatic carbocycles. The lowest BCUT2D eigenvalue weighted by Gasteiger charge is -2.30. The second-order valence-electron chi connectivity index (χ2n) is 4.84.